The lowest BCUT2D eigenvalue weighted by Crippen LogP contribution is -2.51. The van der Waals surface area contributed by atoms with E-state index in [1.54, 1.807) is 0 Å². The van der Waals surface area contributed by atoms with Crippen molar-refractivity contribution in [1.82, 2.24) is 10.6 Å². The van der Waals surface area contributed by atoms with Gasteiger partial charge in [-0.05, 0) is 52.4 Å². The molecule has 2 fully saturated rings. The molecule has 1 amide bonds. The zero-order valence-electron chi connectivity index (χ0n) is 13.2. The molecule has 1 atom stereocenters. The van der Waals surface area contributed by atoms with E-state index in [0.29, 0.717) is 24.5 Å². The maximum Gasteiger partial charge on any atom is 0.407 e. The number of alkyl carbamates (subject to hydrolysis) is 1. The quantitative estimate of drug-likeness (QED) is 0.814. The van der Waals surface area contributed by atoms with Gasteiger partial charge in [0.15, 0.2) is 0 Å². The highest BCUT2D eigenvalue weighted by Gasteiger charge is 2.29. The number of carbonyl (C=O) groups is 1. The Balaban J connectivity index is 1.78. The van der Waals surface area contributed by atoms with Gasteiger partial charge < -0.3 is 15.4 Å². The standard InChI is InChI=1S/C16H30N2O2/c1-16(2,3)20-15(19)17-11-14(12-7-4-5-8-12)18-13-9-6-10-13/h12-14,18H,4-11H2,1-3H3,(H,17,19). The van der Waals surface area contributed by atoms with E-state index < -0.39 is 5.60 Å². The van der Waals surface area contributed by atoms with Crippen molar-refractivity contribution in [3.63, 3.8) is 0 Å². The van der Waals surface area contributed by atoms with Crippen LogP contribution in [0.15, 0.2) is 0 Å². The topological polar surface area (TPSA) is 50.4 Å². The van der Waals surface area contributed by atoms with E-state index in [1.165, 1.54) is 44.9 Å². The van der Waals surface area contributed by atoms with Gasteiger partial charge in [0.25, 0.3) is 0 Å². The SMILES string of the molecule is CC(C)(C)OC(=O)NCC(NC1CCC1)C1CCCC1. The van der Waals surface area contributed by atoms with Crippen LogP contribution in [-0.2, 0) is 4.74 Å². The minimum atomic E-state index is -0.422. The first-order valence-electron chi connectivity index (χ1n) is 8.17. The third-order valence-electron chi connectivity index (χ3n) is 4.39. The van der Waals surface area contributed by atoms with Crippen molar-refractivity contribution in [3.05, 3.63) is 0 Å². The summed E-state index contributed by atoms with van der Waals surface area (Å²) >= 11 is 0. The van der Waals surface area contributed by atoms with Crippen molar-refractivity contribution in [3.8, 4) is 0 Å². The normalized spacial score (nSPS) is 22.4. The van der Waals surface area contributed by atoms with Gasteiger partial charge in [-0.15, -0.1) is 0 Å². The molecule has 0 bridgehead atoms. The highest BCUT2D eigenvalue weighted by atomic mass is 16.6. The molecule has 0 aliphatic heterocycles. The Bertz CT molecular complexity index is 315. The Morgan fingerprint density at radius 3 is 2.30 bits per heavy atom. The number of rotatable bonds is 5. The Labute approximate surface area is 123 Å². The predicted octanol–water partition coefficient (Wildman–Crippen LogP) is 3.21. The third-order valence-corrected chi connectivity index (χ3v) is 4.39. The molecule has 0 aromatic heterocycles. The maximum absolute atomic E-state index is 11.8. The average molecular weight is 282 g/mol. The predicted molar refractivity (Wildman–Crippen MR) is 80.8 cm³/mol. The molecule has 2 aliphatic carbocycles. The molecule has 0 radical (unpaired) electrons. The van der Waals surface area contributed by atoms with Crippen LogP contribution < -0.4 is 10.6 Å². The van der Waals surface area contributed by atoms with E-state index in [0.717, 1.165) is 0 Å². The minimum absolute atomic E-state index is 0.295. The van der Waals surface area contributed by atoms with Gasteiger partial charge in [-0.2, -0.15) is 0 Å². The summed E-state index contributed by atoms with van der Waals surface area (Å²) in [6, 6.07) is 1.08. The summed E-state index contributed by atoms with van der Waals surface area (Å²) < 4.78 is 5.32. The van der Waals surface area contributed by atoms with Crippen LogP contribution in [0.25, 0.3) is 0 Å². The molecule has 0 aromatic carbocycles. The van der Waals surface area contributed by atoms with Gasteiger partial charge in [0.05, 0.1) is 0 Å². The van der Waals surface area contributed by atoms with Gasteiger partial charge in [-0.25, -0.2) is 4.79 Å². The van der Waals surface area contributed by atoms with Crippen molar-refractivity contribution >= 4 is 6.09 Å². The van der Waals surface area contributed by atoms with Gasteiger partial charge in [-0.3, -0.25) is 0 Å². The average Bonchev–Trinajstić information content (AvgIpc) is 2.77. The fraction of sp³-hybridized carbons (Fsp3) is 0.938. The van der Waals surface area contributed by atoms with Crippen molar-refractivity contribution < 1.29 is 9.53 Å². The third kappa shape index (κ3) is 4.97. The van der Waals surface area contributed by atoms with Crippen LogP contribution in [0.2, 0.25) is 0 Å². The summed E-state index contributed by atoms with van der Waals surface area (Å²) in [4.78, 5) is 11.8. The second-order valence-corrected chi connectivity index (χ2v) is 7.33. The molecule has 2 rings (SSSR count). The first-order valence-corrected chi connectivity index (χ1v) is 8.17. The second-order valence-electron chi connectivity index (χ2n) is 7.33. The molecule has 2 aliphatic rings. The fourth-order valence-corrected chi connectivity index (χ4v) is 3.11. The Morgan fingerprint density at radius 1 is 1.15 bits per heavy atom. The summed E-state index contributed by atoms with van der Waals surface area (Å²) in [7, 11) is 0. The Kier molecular flexibility index (Phi) is 5.30. The van der Waals surface area contributed by atoms with Gasteiger partial charge in [0, 0.05) is 18.6 Å². The summed E-state index contributed by atoms with van der Waals surface area (Å²) in [5.41, 5.74) is -0.422. The zero-order valence-corrected chi connectivity index (χ0v) is 13.2. The molecule has 4 nitrogen and oxygen atoms in total. The molecule has 0 aromatic rings. The molecular weight excluding hydrogens is 252 g/mol. The van der Waals surface area contributed by atoms with Crippen LogP contribution in [0.3, 0.4) is 0 Å². The number of hydrogen-bond donors (Lipinski definition) is 2. The summed E-state index contributed by atoms with van der Waals surface area (Å²) in [5, 5.41) is 6.69. The fourth-order valence-electron chi connectivity index (χ4n) is 3.11. The molecule has 2 saturated carbocycles. The van der Waals surface area contributed by atoms with E-state index >= 15 is 0 Å². The smallest absolute Gasteiger partial charge is 0.407 e. The Hall–Kier alpha value is -0.770. The number of nitrogens with one attached hydrogen (secondary N) is 2. The Morgan fingerprint density at radius 2 is 1.80 bits per heavy atom. The number of carbonyl (C=O) groups excluding carboxylic acids is 1. The lowest BCUT2D eigenvalue weighted by atomic mass is 9.89. The van der Waals surface area contributed by atoms with Crippen molar-refractivity contribution in [2.24, 2.45) is 5.92 Å². The number of amides is 1. The molecule has 0 heterocycles. The molecule has 2 N–H and O–H groups in total. The van der Waals surface area contributed by atoms with Gasteiger partial charge in [0.1, 0.15) is 5.60 Å². The molecule has 0 spiro atoms. The monoisotopic (exact) mass is 282 g/mol. The minimum Gasteiger partial charge on any atom is -0.444 e. The molecule has 1 unspecified atom stereocenters. The van der Waals surface area contributed by atoms with Gasteiger partial charge >= 0.3 is 6.09 Å². The molecule has 20 heavy (non-hydrogen) atoms. The van der Waals surface area contributed by atoms with Crippen LogP contribution >= 0.6 is 0 Å². The van der Waals surface area contributed by atoms with Crippen molar-refractivity contribution in [2.75, 3.05) is 6.54 Å². The largest absolute Gasteiger partial charge is 0.444 e. The summed E-state index contributed by atoms with van der Waals surface area (Å²) in [6.07, 6.45) is 8.87. The highest BCUT2D eigenvalue weighted by molar-refractivity contribution is 5.67. The first-order chi connectivity index (χ1) is 9.44. The molecular formula is C16H30N2O2. The zero-order chi connectivity index (χ0) is 14.6. The van der Waals surface area contributed by atoms with E-state index in [2.05, 4.69) is 10.6 Å². The highest BCUT2D eigenvalue weighted by Crippen LogP contribution is 2.29. The molecule has 116 valence electrons. The summed E-state index contributed by atoms with van der Waals surface area (Å²) in [6.45, 7) is 6.38. The van der Waals surface area contributed by atoms with E-state index in [4.69, 9.17) is 4.74 Å². The van der Waals surface area contributed by atoms with Crippen molar-refractivity contribution in [2.45, 2.75) is 83.4 Å². The lowest BCUT2D eigenvalue weighted by molar-refractivity contribution is 0.0515. The van der Waals surface area contributed by atoms with Crippen LogP contribution in [0.5, 0.6) is 0 Å². The number of hydrogen-bond acceptors (Lipinski definition) is 3. The van der Waals surface area contributed by atoms with Gasteiger partial charge in [0.2, 0.25) is 0 Å². The van der Waals surface area contributed by atoms with Crippen LogP contribution in [0.1, 0.15) is 65.7 Å². The first kappa shape index (κ1) is 15.6. The number of ether oxygens (including phenoxy) is 1. The van der Waals surface area contributed by atoms with E-state index in [1.807, 2.05) is 20.8 Å². The van der Waals surface area contributed by atoms with Crippen molar-refractivity contribution in [1.29, 1.82) is 0 Å². The lowest BCUT2D eigenvalue weighted by Gasteiger charge is -2.34. The van der Waals surface area contributed by atoms with E-state index in [-0.39, 0.29) is 6.09 Å². The van der Waals surface area contributed by atoms with Crippen LogP contribution in [0.4, 0.5) is 4.79 Å². The summed E-state index contributed by atoms with van der Waals surface area (Å²) in [5.74, 6) is 0.713. The van der Waals surface area contributed by atoms with Gasteiger partial charge in [-0.1, -0.05) is 19.3 Å². The van der Waals surface area contributed by atoms with Crippen LogP contribution in [-0.4, -0.2) is 30.3 Å². The molecule has 0 saturated heterocycles. The van der Waals surface area contributed by atoms with E-state index in [9.17, 15) is 4.79 Å². The maximum atomic E-state index is 11.8. The second kappa shape index (κ2) is 6.79. The molecule has 4 heteroatoms. The van der Waals surface area contributed by atoms with Crippen LogP contribution in [0, 0.1) is 5.92 Å².